The van der Waals surface area contributed by atoms with Gasteiger partial charge in [0.2, 0.25) is 0 Å². The predicted octanol–water partition coefficient (Wildman–Crippen LogP) is 1.68. The van der Waals surface area contributed by atoms with Crippen LogP contribution in [0.25, 0.3) is 0 Å². The summed E-state index contributed by atoms with van der Waals surface area (Å²) in [6, 6.07) is 1.90. The van der Waals surface area contributed by atoms with Crippen LogP contribution in [0.1, 0.15) is 28.9 Å². The van der Waals surface area contributed by atoms with Crippen LogP contribution in [0.15, 0.2) is 12.3 Å². The highest BCUT2D eigenvalue weighted by molar-refractivity contribution is 5.99. The number of nitrogens with zero attached hydrogens (tertiary/aromatic N) is 2. The molecule has 0 aliphatic carbocycles. The van der Waals surface area contributed by atoms with E-state index in [2.05, 4.69) is 10.3 Å². The van der Waals surface area contributed by atoms with Crippen molar-refractivity contribution in [3.63, 3.8) is 0 Å². The minimum Gasteiger partial charge on any atom is -0.387 e. The first kappa shape index (κ1) is 13.8. The molecule has 1 aliphatic heterocycles. The zero-order chi connectivity index (χ0) is 13.8. The lowest BCUT2D eigenvalue weighted by atomic mass is 10.1. The number of hydrogen-bond acceptors (Lipinski definition) is 4. The van der Waals surface area contributed by atoms with Gasteiger partial charge in [0, 0.05) is 39.1 Å². The van der Waals surface area contributed by atoms with E-state index in [4.69, 9.17) is 4.74 Å². The highest BCUT2D eigenvalue weighted by Gasteiger charge is 2.25. The number of aromatic nitrogens is 1. The summed E-state index contributed by atoms with van der Waals surface area (Å²) in [5.41, 5.74) is 2.38. The first-order valence-corrected chi connectivity index (χ1v) is 6.62. The van der Waals surface area contributed by atoms with Gasteiger partial charge in [0.05, 0.1) is 17.4 Å². The Morgan fingerprint density at radius 3 is 2.74 bits per heavy atom. The van der Waals surface area contributed by atoms with E-state index in [9.17, 15) is 4.79 Å². The fourth-order valence-electron chi connectivity index (χ4n) is 2.40. The molecule has 0 spiro atoms. The zero-order valence-electron chi connectivity index (χ0n) is 11.8. The summed E-state index contributed by atoms with van der Waals surface area (Å²) in [7, 11) is 3.55. The van der Waals surface area contributed by atoms with Crippen LogP contribution in [0.4, 0.5) is 5.69 Å². The Balaban J connectivity index is 2.12. The van der Waals surface area contributed by atoms with Crippen LogP contribution in [0.3, 0.4) is 0 Å². The van der Waals surface area contributed by atoms with Crippen molar-refractivity contribution in [3.05, 3.63) is 23.5 Å². The lowest BCUT2D eigenvalue weighted by Crippen LogP contribution is -2.40. The van der Waals surface area contributed by atoms with Crippen molar-refractivity contribution in [2.24, 2.45) is 0 Å². The summed E-state index contributed by atoms with van der Waals surface area (Å²) in [6.07, 6.45) is 3.74. The van der Waals surface area contributed by atoms with Gasteiger partial charge < -0.3 is 15.0 Å². The fraction of sp³-hybridized carbons (Fsp3) is 0.571. The highest BCUT2D eigenvalue weighted by Crippen LogP contribution is 2.20. The normalized spacial score (nSPS) is 16.5. The summed E-state index contributed by atoms with van der Waals surface area (Å²) < 4.78 is 5.32. The van der Waals surface area contributed by atoms with Crippen LogP contribution in [-0.2, 0) is 4.74 Å². The molecule has 0 unspecified atom stereocenters. The summed E-state index contributed by atoms with van der Waals surface area (Å²) >= 11 is 0. The summed E-state index contributed by atoms with van der Waals surface area (Å²) in [5, 5.41) is 3.06. The molecule has 2 rings (SSSR count). The molecule has 1 fully saturated rings. The van der Waals surface area contributed by atoms with Crippen LogP contribution in [0.2, 0.25) is 0 Å². The van der Waals surface area contributed by atoms with Crippen molar-refractivity contribution in [1.29, 1.82) is 0 Å². The van der Waals surface area contributed by atoms with Gasteiger partial charge in [-0.15, -0.1) is 0 Å². The van der Waals surface area contributed by atoms with Crippen LogP contribution in [0, 0.1) is 6.92 Å². The molecule has 5 nitrogen and oxygen atoms in total. The number of anilines is 1. The Hall–Kier alpha value is -1.62. The van der Waals surface area contributed by atoms with Gasteiger partial charge in [0.15, 0.2) is 0 Å². The smallest absolute Gasteiger partial charge is 0.257 e. The van der Waals surface area contributed by atoms with Crippen molar-refractivity contribution >= 4 is 11.6 Å². The molecule has 5 heteroatoms. The average Bonchev–Trinajstić information content (AvgIpc) is 2.46. The second kappa shape index (κ2) is 6.02. The third kappa shape index (κ3) is 3.04. The van der Waals surface area contributed by atoms with E-state index < -0.39 is 0 Å². The number of carbonyl (C=O) groups is 1. The van der Waals surface area contributed by atoms with Crippen LogP contribution < -0.4 is 5.32 Å². The van der Waals surface area contributed by atoms with Crippen LogP contribution >= 0.6 is 0 Å². The Bertz CT molecular complexity index is 454. The van der Waals surface area contributed by atoms with Crippen LogP contribution in [0.5, 0.6) is 0 Å². The lowest BCUT2D eigenvalue weighted by Gasteiger charge is -2.31. The van der Waals surface area contributed by atoms with Gasteiger partial charge in [-0.3, -0.25) is 9.78 Å². The standard InChI is InChI=1S/C14H21N3O2/c1-10-8-13(15-2)12(9-16-10)14(18)17-6-4-11(19-3)5-7-17/h8-9,11H,4-7H2,1-3H3,(H,15,16). The van der Waals surface area contributed by atoms with Crippen molar-refractivity contribution < 1.29 is 9.53 Å². The number of pyridine rings is 1. The van der Waals surface area contributed by atoms with E-state index in [0.29, 0.717) is 5.56 Å². The number of likely N-dealkylation sites (tertiary alicyclic amines) is 1. The Kier molecular flexibility index (Phi) is 4.37. The number of carbonyl (C=O) groups excluding carboxylic acids is 1. The molecule has 2 heterocycles. The van der Waals surface area contributed by atoms with Crippen molar-refractivity contribution in [2.75, 3.05) is 32.6 Å². The topological polar surface area (TPSA) is 54.5 Å². The minimum absolute atomic E-state index is 0.0476. The van der Waals surface area contributed by atoms with Gasteiger partial charge in [-0.25, -0.2) is 0 Å². The van der Waals surface area contributed by atoms with Gasteiger partial charge in [-0.05, 0) is 25.8 Å². The second-order valence-electron chi connectivity index (χ2n) is 4.85. The van der Waals surface area contributed by atoms with Gasteiger partial charge in [0.25, 0.3) is 5.91 Å². The monoisotopic (exact) mass is 263 g/mol. The molecule has 1 saturated heterocycles. The minimum atomic E-state index is 0.0476. The molecular weight excluding hydrogens is 242 g/mol. The molecule has 104 valence electrons. The second-order valence-corrected chi connectivity index (χ2v) is 4.85. The predicted molar refractivity (Wildman–Crippen MR) is 74.5 cm³/mol. The van der Waals surface area contributed by atoms with E-state index in [-0.39, 0.29) is 12.0 Å². The number of ether oxygens (including phenoxy) is 1. The maximum absolute atomic E-state index is 12.5. The molecule has 19 heavy (non-hydrogen) atoms. The number of piperidine rings is 1. The number of aryl methyl sites for hydroxylation is 1. The van der Waals surface area contributed by atoms with E-state index in [1.165, 1.54) is 0 Å². The number of amides is 1. The van der Waals surface area contributed by atoms with Crippen molar-refractivity contribution in [1.82, 2.24) is 9.88 Å². The number of nitrogens with one attached hydrogen (secondary N) is 1. The molecule has 0 saturated carbocycles. The zero-order valence-corrected chi connectivity index (χ0v) is 11.8. The van der Waals surface area contributed by atoms with Crippen molar-refractivity contribution in [2.45, 2.75) is 25.9 Å². The molecular formula is C14H21N3O2. The number of rotatable bonds is 3. The lowest BCUT2D eigenvalue weighted by molar-refractivity contribution is 0.0351. The Morgan fingerprint density at radius 2 is 2.16 bits per heavy atom. The molecule has 0 radical (unpaired) electrons. The van der Waals surface area contributed by atoms with E-state index in [1.807, 2.05) is 24.9 Å². The average molecular weight is 263 g/mol. The highest BCUT2D eigenvalue weighted by atomic mass is 16.5. The molecule has 0 atom stereocenters. The Labute approximate surface area is 114 Å². The Morgan fingerprint density at radius 1 is 1.47 bits per heavy atom. The quantitative estimate of drug-likeness (QED) is 0.901. The van der Waals surface area contributed by atoms with E-state index in [1.54, 1.807) is 13.3 Å². The third-order valence-electron chi connectivity index (χ3n) is 3.60. The molecule has 1 amide bonds. The summed E-state index contributed by atoms with van der Waals surface area (Å²) in [4.78, 5) is 18.6. The molecule has 0 bridgehead atoms. The van der Waals surface area contributed by atoms with Crippen LogP contribution in [-0.4, -0.2) is 49.1 Å². The third-order valence-corrected chi connectivity index (χ3v) is 3.60. The summed E-state index contributed by atoms with van der Waals surface area (Å²) in [6.45, 7) is 3.40. The molecule has 1 aliphatic rings. The largest absolute Gasteiger partial charge is 0.387 e. The van der Waals surface area contributed by atoms with Crippen molar-refractivity contribution in [3.8, 4) is 0 Å². The SMILES string of the molecule is CNc1cc(C)ncc1C(=O)N1CCC(OC)CC1. The molecule has 1 N–H and O–H groups in total. The fourth-order valence-corrected chi connectivity index (χ4v) is 2.40. The van der Waals surface area contributed by atoms with Gasteiger partial charge in [-0.1, -0.05) is 0 Å². The van der Waals surface area contributed by atoms with E-state index >= 15 is 0 Å². The maximum Gasteiger partial charge on any atom is 0.257 e. The first-order chi connectivity index (χ1) is 9.15. The number of hydrogen-bond donors (Lipinski definition) is 1. The van der Waals surface area contributed by atoms with Gasteiger partial charge in [-0.2, -0.15) is 0 Å². The van der Waals surface area contributed by atoms with Gasteiger partial charge in [0.1, 0.15) is 0 Å². The van der Waals surface area contributed by atoms with E-state index in [0.717, 1.165) is 37.3 Å². The first-order valence-electron chi connectivity index (χ1n) is 6.62. The molecule has 0 aromatic carbocycles. The maximum atomic E-state index is 12.5. The molecule has 1 aromatic rings. The summed E-state index contributed by atoms with van der Waals surface area (Å²) in [5.74, 6) is 0.0476. The van der Waals surface area contributed by atoms with Gasteiger partial charge >= 0.3 is 0 Å². The molecule has 1 aromatic heterocycles. The number of methoxy groups -OCH3 is 1.